The highest BCUT2D eigenvalue weighted by atomic mass is 16.6. The van der Waals surface area contributed by atoms with Crippen LogP contribution < -0.4 is 0 Å². The maximum Gasteiger partial charge on any atom is 0.112 e. The number of hydrogen-bond acceptors (Lipinski definition) is 6. The Labute approximate surface area is 126 Å². The third kappa shape index (κ3) is 2.98. The van der Waals surface area contributed by atoms with E-state index in [1.807, 2.05) is 0 Å². The fraction of sp³-hybridized carbons (Fsp3) is 1.00. The largest absolute Gasteiger partial charge is 0.388 e. The van der Waals surface area contributed by atoms with Crippen LogP contribution in [0.25, 0.3) is 0 Å². The lowest BCUT2D eigenvalue weighted by molar-refractivity contribution is -0.0183. The van der Waals surface area contributed by atoms with Gasteiger partial charge in [-0.2, -0.15) is 0 Å². The minimum atomic E-state index is -0.385. The van der Waals surface area contributed by atoms with E-state index in [2.05, 4.69) is 0 Å². The molecule has 4 aliphatic rings. The third-order valence-electron chi connectivity index (χ3n) is 4.88. The molecule has 0 amide bonds. The topological polar surface area (TPSA) is 77.4 Å². The first-order chi connectivity index (χ1) is 9.65. The summed E-state index contributed by atoms with van der Waals surface area (Å²) in [5.74, 6) is 0. The molecule has 4 aliphatic heterocycles. The Morgan fingerprint density at radius 1 is 0.714 bits per heavy atom. The molecule has 8 unspecified atom stereocenters. The predicted octanol–water partition coefficient (Wildman–Crippen LogP) is 0.483. The molecule has 0 spiro atoms. The van der Waals surface area contributed by atoms with Gasteiger partial charge >= 0.3 is 0 Å². The van der Waals surface area contributed by atoms with Gasteiger partial charge in [0.15, 0.2) is 0 Å². The number of fused-ring (bicyclic) bond motifs is 4. The van der Waals surface area contributed by atoms with Gasteiger partial charge in [-0.3, -0.25) is 0 Å². The second kappa shape index (κ2) is 6.89. The van der Waals surface area contributed by atoms with Crippen molar-refractivity contribution in [3.05, 3.63) is 0 Å². The molecule has 124 valence electrons. The SMILES string of the molecule is C.COC1C2CCC(O2)C1O.COC1C2CCC(O2)C1O. The van der Waals surface area contributed by atoms with Gasteiger partial charge in [0, 0.05) is 14.2 Å². The lowest BCUT2D eigenvalue weighted by Gasteiger charge is -2.21. The molecule has 4 heterocycles. The fourth-order valence-electron chi connectivity index (χ4n) is 3.81. The van der Waals surface area contributed by atoms with E-state index < -0.39 is 0 Å². The van der Waals surface area contributed by atoms with Gasteiger partial charge in [-0.05, 0) is 25.7 Å². The molecule has 4 saturated heterocycles. The van der Waals surface area contributed by atoms with Gasteiger partial charge in [0.1, 0.15) is 24.4 Å². The molecule has 0 aromatic heterocycles. The highest BCUT2D eigenvalue weighted by molar-refractivity contribution is 4.98. The van der Waals surface area contributed by atoms with Gasteiger partial charge in [-0.1, -0.05) is 7.43 Å². The second-order valence-electron chi connectivity index (χ2n) is 5.96. The summed E-state index contributed by atoms with van der Waals surface area (Å²) in [6.07, 6.45) is 3.57. The van der Waals surface area contributed by atoms with Crippen LogP contribution in [0.2, 0.25) is 0 Å². The van der Waals surface area contributed by atoms with E-state index in [0.29, 0.717) is 0 Å². The highest BCUT2D eigenvalue weighted by Gasteiger charge is 2.49. The minimum Gasteiger partial charge on any atom is -0.388 e. The molecule has 0 saturated carbocycles. The van der Waals surface area contributed by atoms with Crippen LogP contribution >= 0.6 is 0 Å². The van der Waals surface area contributed by atoms with E-state index >= 15 is 0 Å². The Morgan fingerprint density at radius 3 is 1.24 bits per heavy atom. The molecule has 21 heavy (non-hydrogen) atoms. The van der Waals surface area contributed by atoms with Crippen LogP contribution in [0.3, 0.4) is 0 Å². The van der Waals surface area contributed by atoms with Crippen LogP contribution in [-0.2, 0) is 18.9 Å². The van der Waals surface area contributed by atoms with Gasteiger partial charge < -0.3 is 29.2 Å². The van der Waals surface area contributed by atoms with E-state index in [1.54, 1.807) is 14.2 Å². The van der Waals surface area contributed by atoms with Gasteiger partial charge in [0.05, 0.1) is 24.4 Å². The average molecular weight is 304 g/mol. The van der Waals surface area contributed by atoms with Crippen molar-refractivity contribution in [3.8, 4) is 0 Å². The van der Waals surface area contributed by atoms with Crippen LogP contribution in [0.15, 0.2) is 0 Å². The summed E-state index contributed by atoms with van der Waals surface area (Å²) in [4.78, 5) is 0. The third-order valence-corrected chi connectivity index (χ3v) is 4.88. The summed E-state index contributed by atoms with van der Waals surface area (Å²) in [6, 6.07) is 0. The molecule has 4 fully saturated rings. The molecule has 4 rings (SSSR count). The summed E-state index contributed by atoms with van der Waals surface area (Å²) in [7, 11) is 3.25. The van der Waals surface area contributed by atoms with Crippen LogP contribution in [0.5, 0.6) is 0 Å². The van der Waals surface area contributed by atoms with E-state index in [4.69, 9.17) is 18.9 Å². The Bertz CT molecular complexity index is 302. The molecule has 0 aliphatic carbocycles. The van der Waals surface area contributed by atoms with Crippen molar-refractivity contribution in [1.82, 2.24) is 0 Å². The highest BCUT2D eigenvalue weighted by Crippen LogP contribution is 2.36. The molecule has 4 bridgehead atoms. The number of rotatable bonds is 2. The standard InChI is InChI=1S/2C7H12O3.CH4/c2*1-9-7-5-3-2-4(10-5)6(7)8;/h2*4-8H,2-3H2,1H3;1H4. The maximum atomic E-state index is 9.43. The van der Waals surface area contributed by atoms with E-state index in [1.165, 1.54) is 0 Å². The van der Waals surface area contributed by atoms with Crippen molar-refractivity contribution in [2.45, 2.75) is 81.9 Å². The Balaban J connectivity index is 0.000000147. The number of aliphatic hydroxyl groups excluding tert-OH is 2. The van der Waals surface area contributed by atoms with E-state index in [0.717, 1.165) is 25.7 Å². The molecular formula is C15H28O6. The number of methoxy groups -OCH3 is 2. The van der Waals surface area contributed by atoms with Crippen LogP contribution in [0, 0.1) is 0 Å². The van der Waals surface area contributed by atoms with Gasteiger partial charge in [-0.25, -0.2) is 0 Å². The summed E-state index contributed by atoms with van der Waals surface area (Å²) in [5.41, 5.74) is 0. The molecule has 8 atom stereocenters. The smallest absolute Gasteiger partial charge is 0.112 e. The number of hydrogen-bond donors (Lipinski definition) is 2. The number of aliphatic hydroxyl groups is 2. The van der Waals surface area contributed by atoms with Crippen LogP contribution in [-0.4, -0.2) is 73.3 Å². The normalized spacial score (nSPS) is 49.7. The van der Waals surface area contributed by atoms with Crippen molar-refractivity contribution >= 4 is 0 Å². The predicted molar refractivity (Wildman–Crippen MR) is 76.1 cm³/mol. The summed E-state index contributed by atoms with van der Waals surface area (Å²) < 4.78 is 21.0. The zero-order valence-corrected chi connectivity index (χ0v) is 12.0. The summed E-state index contributed by atoms with van der Waals surface area (Å²) in [5, 5.41) is 18.9. The lowest BCUT2D eigenvalue weighted by Crippen LogP contribution is -2.38. The van der Waals surface area contributed by atoms with Gasteiger partial charge in [0.2, 0.25) is 0 Å². The Hall–Kier alpha value is -0.240. The quantitative estimate of drug-likeness (QED) is 0.773. The molecule has 0 radical (unpaired) electrons. The number of ether oxygens (including phenoxy) is 4. The average Bonchev–Trinajstić information content (AvgIpc) is 3.19. The first-order valence-electron chi connectivity index (χ1n) is 7.38. The maximum absolute atomic E-state index is 9.43. The van der Waals surface area contributed by atoms with Crippen LogP contribution in [0.4, 0.5) is 0 Å². The second-order valence-corrected chi connectivity index (χ2v) is 5.96. The van der Waals surface area contributed by atoms with Crippen molar-refractivity contribution in [2.75, 3.05) is 14.2 Å². The molecule has 0 aromatic rings. The van der Waals surface area contributed by atoms with Gasteiger partial charge in [0.25, 0.3) is 0 Å². The summed E-state index contributed by atoms with van der Waals surface area (Å²) in [6.45, 7) is 0. The monoisotopic (exact) mass is 304 g/mol. The zero-order chi connectivity index (χ0) is 14.3. The molecular weight excluding hydrogens is 276 g/mol. The van der Waals surface area contributed by atoms with E-state index in [9.17, 15) is 10.2 Å². The van der Waals surface area contributed by atoms with Gasteiger partial charge in [-0.15, -0.1) is 0 Å². The first kappa shape index (κ1) is 17.1. The zero-order valence-electron chi connectivity index (χ0n) is 12.0. The molecule has 6 heteroatoms. The van der Waals surface area contributed by atoms with Crippen LogP contribution in [0.1, 0.15) is 33.1 Å². The fourth-order valence-corrected chi connectivity index (χ4v) is 3.81. The lowest BCUT2D eigenvalue weighted by atomic mass is 9.95. The van der Waals surface area contributed by atoms with E-state index in [-0.39, 0.29) is 56.3 Å². The van der Waals surface area contributed by atoms with Crippen molar-refractivity contribution in [2.24, 2.45) is 0 Å². The molecule has 0 aromatic carbocycles. The first-order valence-corrected chi connectivity index (χ1v) is 7.38. The summed E-state index contributed by atoms with van der Waals surface area (Å²) >= 11 is 0. The Kier molecular flexibility index (Phi) is 5.62. The minimum absolute atomic E-state index is 0. The van der Waals surface area contributed by atoms with Crippen molar-refractivity contribution < 1.29 is 29.2 Å². The Morgan fingerprint density at radius 2 is 1.05 bits per heavy atom. The van der Waals surface area contributed by atoms with Crippen molar-refractivity contribution in [1.29, 1.82) is 0 Å². The van der Waals surface area contributed by atoms with Crippen molar-refractivity contribution in [3.63, 3.8) is 0 Å². The molecule has 2 N–H and O–H groups in total. The molecule has 6 nitrogen and oxygen atoms in total.